The molecule has 3 fully saturated rings. The van der Waals surface area contributed by atoms with E-state index in [1.807, 2.05) is 25.1 Å². The van der Waals surface area contributed by atoms with Crippen molar-refractivity contribution in [1.29, 1.82) is 0 Å². The Hall–Kier alpha value is -3.59. The highest BCUT2D eigenvalue weighted by Crippen LogP contribution is 2.58. The summed E-state index contributed by atoms with van der Waals surface area (Å²) in [5, 5.41) is 9.47. The molecule has 2 aliphatic carbocycles. The van der Waals surface area contributed by atoms with E-state index in [0.717, 1.165) is 47.4 Å². The van der Waals surface area contributed by atoms with Gasteiger partial charge in [-0.25, -0.2) is 4.79 Å². The molecule has 1 amide bonds. The molecule has 9 heteroatoms. The number of pyridine rings is 1. The number of benzene rings is 2. The molecule has 216 valence electrons. The molecular weight excluding hydrogens is 533 g/mol. The molecule has 1 N–H and O–H groups in total. The van der Waals surface area contributed by atoms with Gasteiger partial charge in [-0.1, -0.05) is 23.8 Å². The summed E-state index contributed by atoms with van der Waals surface area (Å²) in [6.45, 7) is 3.85. The van der Waals surface area contributed by atoms with Gasteiger partial charge in [-0.2, -0.15) is 13.2 Å². The van der Waals surface area contributed by atoms with E-state index in [4.69, 9.17) is 14.5 Å². The summed E-state index contributed by atoms with van der Waals surface area (Å²) in [7, 11) is 1.61. The van der Waals surface area contributed by atoms with E-state index in [-0.39, 0.29) is 13.2 Å². The Morgan fingerprint density at radius 3 is 2.46 bits per heavy atom. The van der Waals surface area contributed by atoms with Gasteiger partial charge >= 0.3 is 12.3 Å². The van der Waals surface area contributed by atoms with Crippen LogP contribution in [0.3, 0.4) is 0 Å². The number of cyclic esters (lactones) is 1. The first-order valence-electron chi connectivity index (χ1n) is 13.9. The smallest absolute Gasteiger partial charge is 0.416 e. The Kier molecular flexibility index (Phi) is 6.76. The molecule has 0 radical (unpaired) electrons. The monoisotopic (exact) mass is 566 g/mol. The number of hydrogen-bond donors (Lipinski definition) is 1. The van der Waals surface area contributed by atoms with E-state index in [1.165, 1.54) is 0 Å². The lowest BCUT2D eigenvalue weighted by Crippen LogP contribution is -2.36. The fourth-order valence-electron chi connectivity index (χ4n) is 6.46. The number of amides is 1. The minimum absolute atomic E-state index is 0.160. The molecule has 2 heterocycles. The van der Waals surface area contributed by atoms with Crippen LogP contribution in [0.25, 0.3) is 11.1 Å². The van der Waals surface area contributed by atoms with Gasteiger partial charge in [0.05, 0.1) is 30.5 Å². The van der Waals surface area contributed by atoms with Crippen LogP contribution in [0.4, 0.5) is 18.0 Å². The molecule has 1 spiro atoms. The second-order valence-corrected chi connectivity index (χ2v) is 11.7. The number of ether oxygens (including phenoxy) is 2. The highest BCUT2D eigenvalue weighted by molar-refractivity contribution is 5.76. The fourth-order valence-corrected chi connectivity index (χ4v) is 6.46. The zero-order chi connectivity index (χ0) is 29.1. The average Bonchev–Trinajstić information content (AvgIpc) is 3.65. The predicted molar refractivity (Wildman–Crippen MR) is 146 cm³/mol. The largest absolute Gasteiger partial charge is 0.496 e. The Balaban J connectivity index is 1.34. The second-order valence-electron chi connectivity index (χ2n) is 11.7. The summed E-state index contributed by atoms with van der Waals surface area (Å²) in [6.07, 6.45) is -2.72. The van der Waals surface area contributed by atoms with E-state index in [1.54, 1.807) is 25.0 Å². The number of halogens is 3. The van der Waals surface area contributed by atoms with E-state index in [9.17, 15) is 23.1 Å². The van der Waals surface area contributed by atoms with E-state index in [2.05, 4.69) is 12.1 Å². The summed E-state index contributed by atoms with van der Waals surface area (Å²) >= 11 is 0. The summed E-state index contributed by atoms with van der Waals surface area (Å²) in [5.74, 6) is 1.37. The van der Waals surface area contributed by atoms with Gasteiger partial charge in [0.15, 0.2) is 6.10 Å². The molecule has 1 saturated heterocycles. The normalized spacial score (nSPS) is 23.0. The summed E-state index contributed by atoms with van der Waals surface area (Å²) in [5.41, 5.74) is 3.67. The van der Waals surface area contributed by atoms with Crippen molar-refractivity contribution in [1.82, 2.24) is 9.88 Å². The average molecular weight is 567 g/mol. The molecule has 3 aromatic rings. The number of carbonyl (C=O) groups excluding carboxylic acids is 1. The van der Waals surface area contributed by atoms with Crippen LogP contribution in [0.1, 0.15) is 71.3 Å². The Morgan fingerprint density at radius 2 is 1.80 bits per heavy atom. The minimum Gasteiger partial charge on any atom is -0.496 e. The molecule has 6 nitrogen and oxygen atoms in total. The zero-order valence-corrected chi connectivity index (χ0v) is 23.3. The van der Waals surface area contributed by atoms with Crippen LogP contribution >= 0.6 is 0 Å². The SMILES string of the molecule is COc1ccc(C2CC(CO)C2)cc1-c1ccc(C)nc1CN1C(=O)O[C@H](c2cc(C)cc(C(F)(F)F)c2)C12CC2. The maximum atomic E-state index is 13.6. The number of carbonyl (C=O) groups is 1. The lowest BCUT2D eigenvalue weighted by molar-refractivity contribution is -0.137. The number of rotatable bonds is 7. The zero-order valence-electron chi connectivity index (χ0n) is 23.3. The molecule has 41 heavy (non-hydrogen) atoms. The molecule has 2 aromatic carbocycles. The van der Waals surface area contributed by atoms with Crippen molar-refractivity contribution in [3.8, 4) is 16.9 Å². The van der Waals surface area contributed by atoms with Gasteiger partial charge in [-0.05, 0) is 92.8 Å². The first-order chi connectivity index (χ1) is 19.5. The summed E-state index contributed by atoms with van der Waals surface area (Å²) in [4.78, 5) is 19.8. The third kappa shape index (κ3) is 4.94. The van der Waals surface area contributed by atoms with Crippen LogP contribution in [0.2, 0.25) is 0 Å². The van der Waals surface area contributed by atoms with E-state index in [0.29, 0.717) is 47.2 Å². The van der Waals surface area contributed by atoms with Gasteiger partial charge < -0.3 is 14.6 Å². The van der Waals surface area contributed by atoms with Crippen molar-refractivity contribution in [2.75, 3.05) is 13.7 Å². The standard InChI is InChI=1S/C32H33F3N2O4/c1-18-10-23(14-24(11-18)32(33,34)35)29-31(8-9-31)37(30(39)41-29)16-27-25(6-4-19(2)36-27)26-15-21(5-7-28(26)40-3)22-12-20(13-22)17-38/h4-7,10-11,14-15,20,22,29,38H,8-9,12-13,16-17H2,1-3H3/t20?,22?,29-/m1/s1. The molecule has 1 atom stereocenters. The lowest BCUT2D eigenvalue weighted by Gasteiger charge is -2.34. The van der Waals surface area contributed by atoms with Crippen molar-refractivity contribution in [3.63, 3.8) is 0 Å². The van der Waals surface area contributed by atoms with Crippen molar-refractivity contribution >= 4 is 6.09 Å². The maximum Gasteiger partial charge on any atom is 0.416 e. The van der Waals surface area contributed by atoms with Crippen LogP contribution < -0.4 is 4.74 Å². The molecule has 2 saturated carbocycles. The van der Waals surface area contributed by atoms with Crippen molar-refractivity contribution < 1.29 is 32.5 Å². The number of hydrogen-bond acceptors (Lipinski definition) is 5. The van der Waals surface area contributed by atoms with Crippen LogP contribution in [0, 0.1) is 19.8 Å². The highest BCUT2D eigenvalue weighted by atomic mass is 19.4. The number of aryl methyl sites for hydroxylation is 2. The number of aliphatic hydroxyl groups is 1. The van der Waals surface area contributed by atoms with E-state index < -0.39 is 29.5 Å². The quantitative estimate of drug-likeness (QED) is 0.330. The highest BCUT2D eigenvalue weighted by Gasteiger charge is 2.63. The van der Waals surface area contributed by atoms with Crippen molar-refractivity contribution in [2.24, 2.45) is 5.92 Å². The number of methoxy groups -OCH3 is 1. The molecule has 3 aliphatic rings. The number of nitrogens with zero attached hydrogens (tertiary/aromatic N) is 2. The number of alkyl halides is 3. The van der Waals surface area contributed by atoms with Crippen LogP contribution in [-0.4, -0.2) is 40.3 Å². The van der Waals surface area contributed by atoms with E-state index >= 15 is 0 Å². The molecular formula is C32H33F3N2O4. The number of aliphatic hydroxyl groups excluding tert-OH is 1. The molecule has 0 unspecified atom stereocenters. The Bertz CT molecular complexity index is 1490. The maximum absolute atomic E-state index is 13.6. The third-order valence-electron chi connectivity index (χ3n) is 8.86. The van der Waals surface area contributed by atoms with Gasteiger partial charge in [0.25, 0.3) is 0 Å². The van der Waals surface area contributed by atoms with Crippen molar-refractivity contribution in [3.05, 3.63) is 82.2 Å². The predicted octanol–water partition coefficient (Wildman–Crippen LogP) is 7.10. The van der Waals surface area contributed by atoms with Crippen LogP contribution in [0.5, 0.6) is 5.75 Å². The number of aromatic nitrogens is 1. The van der Waals surface area contributed by atoms with Gasteiger partial charge in [0, 0.05) is 23.4 Å². The fraction of sp³-hybridized carbons (Fsp3) is 0.438. The summed E-state index contributed by atoms with van der Waals surface area (Å²) in [6, 6.07) is 13.9. The molecule has 1 aliphatic heterocycles. The van der Waals surface area contributed by atoms with Gasteiger partial charge in [-0.3, -0.25) is 9.88 Å². The Morgan fingerprint density at radius 1 is 1.05 bits per heavy atom. The van der Waals surface area contributed by atoms with Crippen LogP contribution in [-0.2, 0) is 17.5 Å². The topological polar surface area (TPSA) is 71.9 Å². The first-order valence-corrected chi connectivity index (χ1v) is 13.9. The first kappa shape index (κ1) is 27.6. The molecule has 1 aromatic heterocycles. The summed E-state index contributed by atoms with van der Waals surface area (Å²) < 4.78 is 52.3. The lowest BCUT2D eigenvalue weighted by atomic mass is 9.71. The Labute approximate surface area is 237 Å². The second kappa shape index (κ2) is 10.0. The molecule has 6 rings (SSSR count). The van der Waals surface area contributed by atoms with Gasteiger partial charge in [-0.15, -0.1) is 0 Å². The minimum atomic E-state index is -4.49. The van der Waals surface area contributed by atoms with Crippen molar-refractivity contribution in [2.45, 2.75) is 69.8 Å². The van der Waals surface area contributed by atoms with Gasteiger partial charge in [0.2, 0.25) is 0 Å². The molecule has 0 bridgehead atoms. The van der Waals surface area contributed by atoms with Gasteiger partial charge in [0.1, 0.15) is 5.75 Å². The third-order valence-corrected chi connectivity index (χ3v) is 8.86. The van der Waals surface area contributed by atoms with Crippen LogP contribution in [0.15, 0.2) is 48.5 Å².